The molecule has 0 aromatic carbocycles. The van der Waals surface area contributed by atoms with E-state index in [4.69, 9.17) is 9.78 Å². The molecule has 0 amide bonds. The second kappa shape index (κ2) is 23.7. The van der Waals surface area contributed by atoms with E-state index in [1.54, 1.807) is 0 Å². The lowest BCUT2D eigenvalue weighted by Gasteiger charge is -2.13. The zero-order chi connectivity index (χ0) is 21.4. The van der Waals surface area contributed by atoms with Crippen LogP contribution in [-0.4, -0.2) is 12.6 Å². The highest BCUT2D eigenvalue weighted by atomic mass is 17.2. The van der Waals surface area contributed by atoms with Gasteiger partial charge in [-0.25, -0.2) is 4.79 Å². The third-order valence-electron chi connectivity index (χ3n) is 5.98. The minimum Gasteiger partial charge on any atom is -0.298 e. The van der Waals surface area contributed by atoms with Crippen LogP contribution in [0, 0.1) is 5.92 Å². The molecule has 0 aliphatic rings. The van der Waals surface area contributed by atoms with Gasteiger partial charge in [-0.3, -0.25) is 4.89 Å². The maximum absolute atomic E-state index is 11.7. The Hall–Kier alpha value is -0.570. The van der Waals surface area contributed by atoms with E-state index in [9.17, 15) is 4.79 Å². The first-order valence-electron chi connectivity index (χ1n) is 13.1. The predicted octanol–water partition coefficient (Wildman–Crippen LogP) is 8.94. The molecule has 1 atom stereocenters. The van der Waals surface area contributed by atoms with E-state index in [0.717, 1.165) is 25.7 Å². The minimum atomic E-state index is -0.204. The van der Waals surface area contributed by atoms with Crippen LogP contribution >= 0.6 is 0 Å². The van der Waals surface area contributed by atoms with Crippen molar-refractivity contribution in [1.29, 1.82) is 0 Å². The van der Waals surface area contributed by atoms with Crippen molar-refractivity contribution in [3.63, 3.8) is 0 Å². The van der Waals surface area contributed by atoms with Gasteiger partial charge in [-0.1, -0.05) is 130 Å². The first kappa shape index (κ1) is 28.4. The summed E-state index contributed by atoms with van der Waals surface area (Å²) in [5, 5.41) is 0. The van der Waals surface area contributed by atoms with Crippen LogP contribution in [0.2, 0.25) is 0 Å². The second-order valence-electron chi connectivity index (χ2n) is 8.86. The fourth-order valence-corrected chi connectivity index (χ4v) is 3.78. The first-order valence-corrected chi connectivity index (χ1v) is 13.1. The van der Waals surface area contributed by atoms with E-state index in [2.05, 4.69) is 20.8 Å². The van der Waals surface area contributed by atoms with Crippen molar-refractivity contribution in [2.24, 2.45) is 5.92 Å². The van der Waals surface area contributed by atoms with Crippen molar-refractivity contribution in [3.05, 3.63) is 0 Å². The summed E-state index contributed by atoms with van der Waals surface area (Å²) in [4.78, 5) is 21.8. The zero-order valence-electron chi connectivity index (χ0n) is 20.2. The highest BCUT2D eigenvalue weighted by Crippen LogP contribution is 2.15. The average molecular weight is 413 g/mol. The van der Waals surface area contributed by atoms with Crippen molar-refractivity contribution in [2.45, 2.75) is 149 Å². The maximum Gasteiger partial charge on any atom is 0.342 e. The summed E-state index contributed by atoms with van der Waals surface area (Å²) in [5.41, 5.74) is 0. The second-order valence-corrected chi connectivity index (χ2v) is 8.86. The van der Waals surface area contributed by atoms with Crippen molar-refractivity contribution in [2.75, 3.05) is 6.61 Å². The molecule has 0 rings (SSSR count). The largest absolute Gasteiger partial charge is 0.342 e. The third kappa shape index (κ3) is 21.9. The zero-order valence-corrected chi connectivity index (χ0v) is 20.2. The molecule has 0 N–H and O–H groups in total. The van der Waals surface area contributed by atoms with Crippen molar-refractivity contribution in [3.8, 4) is 0 Å². The van der Waals surface area contributed by atoms with Gasteiger partial charge in [-0.15, -0.1) is 0 Å². The fraction of sp³-hybridized carbons (Fsp3) is 0.962. The van der Waals surface area contributed by atoms with Gasteiger partial charge in [0.2, 0.25) is 0 Å². The normalized spacial score (nSPS) is 12.2. The summed E-state index contributed by atoms with van der Waals surface area (Å²) in [7, 11) is 0. The molecule has 174 valence electrons. The van der Waals surface area contributed by atoms with Crippen molar-refractivity contribution < 1.29 is 14.6 Å². The highest BCUT2D eigenvalue weighted by molar-refractivity contribution is 5.68. The number of hydrogen-bond acceptors (Lipinski definition) is 3. The quantitative estimate of drug-likeness (QED) is 0.0954. The van der Waals surface area contributed by atoms with E-state index < -0.39 is 0 Å². The molecule has 1 unspecified atom stereocenters. The van der Waals surface area contributed by atoms with E-state index >= 15 is 0 Å². The van der Waals surface area contributed by atoms with E-state index in [-0.39, 0.29) is 5.97 Å². The van der Waals surface area contributed by atoms with Gasteiger partial charge < -0.3 is 0 Å². The number of unbranched alkanes of at least 4 members (excludes halogenated alkanes) is 15. The lowest BCUT2D eigenvalue weighted by atomic mass is 10.0. The molecule has 0 heterocycles. The molecule has 3 nitrogen and oxygen atoms in total. The Morgan fingerprint density at radius 1 is 0.621 bits per heavy atom. The molecule has 0 aliphatic heterocycles. The molecule has 0 saturated carbocycles. The van der Waals surface area contributed by atoms with E-state index in [1.165, 1.54) is 96.3 Å². The van der Waals surface area contributed by atoms with Gasteiger partial charge in [-0.2, -0.15) is 4.89 Å². The topological polar surface area (TPSA) is 35.5 Å². The predicted molar refractivity (Wildman–Crippen MR) is 125 cm³/mol. The van der Waals surface area contributed by atoms with Gasteiger partial charge in [0.05, 0.1) is 6.61 Å². The fourth-order valence-electron chi connectivity index (χ4n) is 3.78. The van der Waals surface area contributed by atoms with Crippen LogP contribution < -0.4 is 0 Å². The van der Waals surface area contributed by atoms with Crippen molar-refractivity contribution >= 4 is 5.97 Å². The molecular weight excluding hydrogens is 360 g/mol. The lowest BCUT2D eigenvalue weighted by Crippen LogP contribution is -2.12. The summed E-state index contributed by atoms with van der Waals surface area (Å²) < 4.78 is 0. The molecule has 3 heteroatoms. The molecular formula is C26H52O3. The van der Waals surface area contributed by atoms with Gasteiger partial charge in [0.15, 0.2) is 0 Å². The van der Waals surface area contributed by atoms with E-state index in [1.807, 2.05) is 0 Å². The van der Waals surface area contributed by atoms with Crippen LogP contribution in [0.5, 0.6) is 0 Å². The Bertz CT molecular complexity index is 330. The monoisotopic (exact) mass is 412 g/mol. The Balaban J connectivity index is 3.26. The molecule has 0 fully saturated rings. The van der Waals surface area contributed by atoms with E-state index in [0.29, 0.717) is 18.9 Å². The third-order valence-corrected chi connectivity index (χ3v) is 5.98. The summed E-state index contributed by atoms with van der Waals surface area (Å²) >= 11 is 0. The van der Waals surface area contributed by atoms with Crippen LogP contribution in [0.1, 0.15) is 149 Å². The van der Waals surface area contributed by atoms with Gasteiger partial charge in [0.1, 0.15) is 0 Å². The molecule has 0 spiro atoms. The molecule has 0 aliphatic carbocycles. The van der Waals surface area contributed by atoms with Crippen LogP contribution in [0.4, 0.5) is 0 Å². The average Bonchev–Trinajstić information content (AvgIpc) is 2.73. The molecule has 0 radical (unpaired) electrons. The maximum atomic E-state index is 11.7. The SMILES string of the molecule is CCCCCCCCCCCCCCCCCC(=O)OOCC(CC)CCCC. The summed E-state index contributed by atoms with van der Waals surface area (Å²) in [6.45, 7) is 7.19. The molecule has 0 bridgehead atoms. The molecule has 29 heavy (non-hydrogen) atoms. The van der Waals surface area contributed by atoms with Crippen molar-refractivity contribution in [1.82, 2.24) is 0 Å². The van der Waals surface area contributed by atoms with Crippen LogP contribution in [0.15, 0.2) is 0 Å². The summed E-state index contributed by atoms with van der Waals surface area (Å²) in [6.07, 6.45) is 25.2. The van der Waals surface area contributed by atoms with Gasteiger partial charge in [-0.05, 0) is 18.8 Å². The Kier molecular flexibility index (Phi) is 23.2. The Morgan fingerprint density at radius 2 is 1.07 bits per heavy atom. The van der Waals surface area contributed by atoms with Gasteiger partial charge in [0.25, 0.3) is 0 Å². The first-order chi connectivity index (χ1) is 14.2. The smallest absolute Gasteiger partial charge is 0.298 e. The summed E-state index contributed by atoms with van der Waals surface area (Å²) in [6, 6.07) is 0. The number of carbonyl (C=O) groups excluding carboxylic acids is 1. The molecule has 0 saturated heterocycles. The highest BCUT2D eigenvalue weighted by Gasteiger charge is 2.09. The van der Waals surface area contributed by atoms with Crippen LogP contribution in [-0.2, 0) is 14.6 Å². The summed E-state index contributed by atoms with van der Waals surface area (Å²) in [5.74, 6) is 0.304. The van der Waals surface area contributed by atoms with Crippen LogP contribution in [0.3, 0.4) is 0 Å². The Labute approximate surface area is 182 Å². The number of hydrogen-bond donors (Lipinski definition) is 0. The number of rotatable bonds is 23. The Morgan fingerprint density at radius 3 is 1.52 bits per heavy atom. The molecule has 0 aromatic rings. The van der Waals surface area contributed by atoms with Gasteiger partial charge >= 0.3 is 5.97 Å². The lowest BCUT2D eigenvalue weighted by molar-refractivity contribution is -0.278. The van der Waals surface area contributed by atoms with Crippen LogP contribution in [0.25, 0.3) is 0 Å². The minimum absolute atomic E-state index is 0.204. The van der Waals surface area contributed by atoms with Gasteiger partial charge in [0, 0.05) is 6.42 Å². The number of carbonyl (C=O) groups is 1. The molecule has 0 aromatic heterocycles. The standard InChI is InChI=1S/C26H52O3/c1-4-7-9-10-11-12-13-14-15-16-17-18-19-20-21-23-26(27)29-28-24-25(6-3)22-8-5-2/h25H,4-24H2,1-3H3.